The van der Waals surface area contributed by atoms with Crippen molar-refractivity contribution < 1.29 is 14.3 Å². The highest BCUT2D eigenvalue weighted by molar-refractivity contribution is 9.10. The highest BCUT2D eigenvalue weighted by Gasteiger charge is 2.12. The molecule has 2 rings (SSSR count). The van der Waals surface area contributed by atoms with Crippen molar-refractivity contribution in [2.24, 2.45) is 5.10 Å². The molecule has 0 saturated heterocycles. The van der Waals surface area contributed by atoms with Crippen molar-refractivity contribution in [2.75, 3.05) is 12.4 Å². The number of hydrogen-bond acceptors (Lipinski definition) is 4. The Labute approximate surface area is 148 Å². The molecule has 0 atom stereocenters. The van der Waals surface area contributed by atoms with Gasteiger partial charge in [-0.15, -0.1) is 0 Å². The number of benzene rings is 2. The van der Waals surface area contributed by atoms with Gasteiger partial charge < -0.3 is 10.1 Å². The van der Waals surface area contributed by atoms with Gasteiger partial charge in [-0.3, -0.25) is 9.59 Å². The van der Waals surface area contributed by atoms with Crippen LogP contribution in [0, 0.1) is 6.92 Å². The van der Waals surface area contributed by atoms with Crippen molar-refractivity contribution >= 4 is 39.6 Å². The lowest BCUT2D eigenvalue weighted by molar-refractivity contribution is -0.136. The lowest BCUT2D eigenvalue weighted by Gasteiger charge is -2.05. The van der Waals surface area contributed by atoms with E-state index in [1.165, 1.54) is 6.21 Å². The molecule has 6 nitrogen and oxygen atoms in total. The molecule has 2 N–H and O–H groups in total. The molecule has 0 radical (unpaired) electrons. The summed E-state index contributed by atoms with van der Waals surface area (Å²) >= 11 is 3.37. The summed E-state index contributed by atoms with van der Waals surface area (Å²) < 4.78 is 5.90. The zero-order chi connectivity index (χ0) is 17.5. The summed E-state index contributed by atoms with van der Waals surface area (Å²) in [6.07, 6.45) is 1.42. The predicted molar refractivity (Wildman–Crippen MR) is 96.2 cm³/mol. The van der Waals surface area contributed by atoms with Gasteiger partial charge in [0.2, 0.25) is 0 Å². The maximum Gasteiger partial charge on any atom is 0.329 e. The first-order chi connectivity index (χ1) is 11.5. The quantitative estimate of drug-likeness (QED) is 0.479. The van der Waals surface area contributed by atoms with E-state index < -0.39 is 11.8 Å². The van der Waals surface area contributed by atoms with E-state index in [4.69, 9.17) is 4.74 Å². The molecule has 0 saturated carbocycles. The van der Waals surface area contributed by atoms with Crippen LogP contribution < -0.4 is 15.5 Å². The Hall–Kier alpha value is -2.67. The van der Waals surface area contributed by atoms with E-state index in [9.17, 15) is 9.59 Å². The highest BCUT2D eigenvalue weighted by Crippen LogP contribution is 2.20. The fourth-order valence-corrected chi connectivity index (χ4v) is 2.13. The molecule has 0 bridgehead atoms. The molecular formula is C17H16BrN3O3. The normalized spacial score (nSPS) is 10.5. The molecule has 0 aliphatic rings. The van der Waals surface area contributed by atoms with Crippen molar-refractivity contribution in [1.29, 1.82) is 0 Å². The third-order valence-corrected chi connectivity index (χ3v) is 3.81. The number of hydrogen-bond donors (Lipinski definition) is 2. The molecule has 0 spiro atoms. The first-order valence-corrected chi connectivity index (χ1v) is 7.83. The molecule has 24 heavy (non-hydrogen) atoms. The molecule has 0 unspecified atom stereocenters. The summed E-state index contributed by atoms with van der Waals surface area (Å²) in [7, 11) is 1.56. The zero-order valence-corrected chi connectivity index (χ0v) is 14.8. The van der Waals surface area contributed by atoms with Crippen LogP contribution in [0.3, 0.4) is 0 Å². The van der Waals surface area contributed by atoms with Gasteiger partial charge in [0.1, 0.15) is 5.75 Å². The maximum absolute atomic E-state index is 11.8. The molecule has 0 aliphatic carbocycles. The third kappa shape index (κ3) is 4.92. The maximum atomic E-state index is 11.8. The molecule has 0 heterocycles. The molecule has 0 fully saturated rings. The second kappa shape index (κ2) is 8.26. The summed E-state index contributed by atoms with van der Waals surface area (Å²) in [5, 5.41) is 6.28. The molecule has 2 aromatic rings. The van der Waals surface area contributed by atoms with Crippen molar-refractivity contribution in [3.63, 3.8) is 0 Å². The first-order valence-electron chi connectivity index (χ1n) is 7.04. The van der Waals surface area contributed by atoms with Crippen LogP contribution in [0.15, 0.2) is 52.0 Å². The Bertz CT molecular complexity index is 773. The lowest BCUT2D eigenvalue weighted by atomic mass is 10.2. The highest BCUT2D eigenvalue weighted by atomic mass is 79.9. The van der Waals surface area contributed by atoms with Crippen molar-refractivity contribution in [3.05, 3.63) is 58.1 Å². The minimum Gasteiger partial charge on any atom is -0.497 e. The van der Waals surface area contributed by atoms with Crippen LogP contribution in [0.4, 0.5) is 5.69 Å². The van der Waals surface area contributed by atoms with Crippen LogP contribution in [-0.2, 0) is 9.59 Å². The van der Waals surface area contributed by atoms with Gasteiger partial charge in [-0.2, -0.15) is 5.10 Å². The van der Waals surface area contributed by atoms with E-state index in [0.717, 1.165) is 10.0 Å². The van der Waals surface area contributed by atoms with Gasteiger partial charge in [-0.1, -0.05) is 33.6 Å². The number of halogens is 1. The number of ether oxygens (including phenoxy) is 1. The number of nitrogens with zero attached hydrogens (tertiary/aromatic N) is 1. The van der Waals surface area contributed by atoms with Crippen LogP contribution in [0.2, 0.25) is 0 Å². The Morgan fingerprint density at radius 3 is 2.50 bits per heavy atom. The van der Waals surface area contributed by atoms with E-state index in [1.807, 2.05) is 19.1 Å². The fourth-order valence-electron chi connectivity index (χ4n) is 1.78. The van der Waals surface area contributed by atoms with Gasteiger partial charge in [-0.25, -0.2) is 5.43 Å². The smallest absolute Gasteiger partial charge is 0.329 e. The number of carbonyl (C=O) groups is 2. The van der Waals surface area contributed by atoms with E-state index in [-0.39, 0.29) is 0 Å². The number of methoxy groups -OCH3 is 1. The number of amides is 2. The molecule has 0 aliphatic heterocycles. The first kappa shape index (κ1) is 17.7. The number of aryl methyl sites for hydroxylation is 1. The van der Waals surface area contributed by atoms with Crippen LogP contribution in [0.5, 0.6) is 5.75 Å². The van der Waals surface area contributed by atoms with E-state index >= 15 is 0 Å². The van der Waals surface area contributed by atoms with Gasteiger partial charge in [-0.05, 0) is 37.3 Å². The molecule has 0 aromatic heterocycles. The minimum absolute atomic E-state index is 0.542. The number of anilines is 1. The Morgan fingerprint density at radius 1 is 1.12 bits per heavy atom. The summed E-state index contributed by atoms with van der Waals surface area (Å²) in [5.74, 6) is -0.991. The summed E-state index contributed by atoms with van der Waals surface area (Å²) in [5.41, 5.74) is 4.49. The van der Waals surface area contributed by atoms with Gasteiger partial charge in [0, 0.05) is 15.7 Å². The summed E-state index contributed by atoms with van der Waals surface area (Å²) in [6, 6.07) is 12.4. The van der Waals surface area contributed by atoms with Crippen LogP contribution in [0.25, 0.3) is 0 Å². The summed E-state index contributed by atoms with van der Waals surface area (Å²) in [4.78, 5) is 23.5. The third-order valence-electron chi connectivity index (χ3n) is 3.09. The van der Waals surface area contributed by atoms with E-state index in [0.29, 0.717) is 17.0 Å². The summed E-state index contributed by atoms with van der Waals surface area (Å²) in [6.45, 7) is 1.93. The predicted octanol–water partition coefficient (Wildman–Crippen LogP) is 2.85. The van der Waals surface area contributed by atoms with Crippen LogP contribution in [-0.4, -0.2) is 25.1 Å². The number of rotatable bonds is 4. The molecule has 2 aromatic carbocycles. The van der Waals surface area contributed by atoms with Crippen molar-refractivity contribution in [2.45, 2.75) is 6.92 Å². The largest absolute Gasteiger partial charge is 0.497 e. The zero-order valence-electron chi connectivity index (χ0n) is 13.2. The molecule has 2 amide bonds. The molecule has 7 heteroatoms. The Morgan fingerprint density at radius 2 is 1.83 bits per heavy atom. The second-order valence-electron chi connectivity index (χ2n) is 4.91. The lowest BCUT2D eigenvalue weighted by Crippen LogP contribution is -2.32. The monoisotopic (exact) mass is 389 g/mol. The van der Waals surface area contributed by atoms with Gasteiger partial charge >= 0.3 is 11.8 Å². The Kier molecular flexibility index (Phi) is 6.08. The van der Waals surface area contributed by atoms with Gasteiger partial charge in [0.25, 0.3) is 0 Å². The number of nitrogens with one attached hydrogen (secondary N) is 2. The van der Waals surface area contributed by atoms with E-state index in [1.54, 1.807) is 37.4 Å². The second-order valence-corrected chi connectivity index (χ2v) is 5.76. The topological polar surface area (TPSA) is 79.8 Å². The number of hydrazone groups is 1. The van der Waals surface area contributed by atoms with Crippen LogP contribution in [0.1, 0.15) is 11.1 Å². The fraction of sp³-hybridized carbons (Fsp3) is 0.118. The Balaban J connectivity index is 1.94. The van der Waals surface area contributed by atoms with Gasteiger partial charge in [0.15, 0.2) is 0 Å². The molecule has 124 valence electrons. The van der Waals surface area contributed by atoms with Gasteiger partial charge in [0.05, 0.1) is 13.3 Å². The minimum atomic E-state index is -0.856. The molecular weight excluding hydrogens is 374 g/mol. The average molecular weight is 390 g/mol. The average Bonchev–Trinajstić information content (AvgIpc) is 2.58. The standard InChI is InChI=1S/C17H16BrN3O3/c1-11-3-5-13(6-4-11)20-16(22)17(23)21-19-10-12-9-14(24-2)7-8-15(12)18/h3-10H,1-2H3,(H,20,22)(H,21,23)/b19-10-. The van der Waals surface area contributed by atoms with Crippen LogP contribution >= 0.6 is 15.9 Å². The van der Waals surface area contributed by atoms with E-state index in [2.05, 4.69) is 31.8 Å². The van der Waals surface area contributed by atoms with Crippen molar-refractivity contribution in [1.82, 2.24) is 5.43 Å². The number of carbonyl (C=O) groups excluding carboxylic acids is 2. The van der Waals surface area contributed by atoms with Crippen molar-refractivity contribution in [3.8, 4) is 5.75 Å². The SMILES string of the molecule is COc1ccc(Br)c(/C=N\NC(=O)C(=O)Nc2ccc(C)cc2)c1.